The molecule has 1 aliphatic rings. The molecule has 4 rings (SSSR count). The van der Waals surface area contributed by atoms with E-state index in [9.17, 15) is 9.18 Å². The maximum Gasteiger partial charge on any atom is 0.262 e. The van der Waals surface area contributed by atoms with Crippen molar-refractivity contribution in [2.24, 2.45) is 0 Å². The number of para-hydroxylation sites is 1. The molecule has 3 aromatic rings. The lowest BCUT2D eigenvalue weighted by atomic mass is 10.2. The lowest BCUT2D eigenvalue weighted by Crippen LogP contribution is -2.28. The summed E-state index contributed by atoms with van der Waals surface area (Å²) in [5, 5.41) is 1.49. The number of hydrogen-bond donors (Lipinski definition) is 0. The highest BCUT2D eigenvalue weighted by molar-refractivity contribution is 7.98. The van der Waals surface area contributed by atoms with Crippen LogP contribution in [-0.4, -0.2) is 22.3 Å². The largest absolute Gasteiger partial charge is 0.376 e. The molecule has 1 fully saturated rings. The van der Waals surface area contributed by atoms with Crippen LogP contribution in [0.3, 0.4) is 0 Å². The quantitative estimate of drug-likeness (QED) is 0.458. The van der Waals surface area contributed by atoms with Gasteiger partial charge in [0.05, 0.1) is 23.6 Å². The van der Waals surface area contributed by atoms with Crippen LogP contribution in [0.5, 0.6) is 0 Å². The van der Waals surface area contributed by atoms with E-state index in [1.165, 1.54) is 17.8 Å². The Bertz CT molecular complexity index is 1010. The van der Waals surface area contributed by atoms with Gasteiger partial charge in [-0.2, -0.15) is 0 Å². The normalized spacial score (nSPS) is 16.9. The van der Waals surface area contributed by atoms with Crippen molar-refractivity contribution < 1.29 is 9.13 Å². The maximum atomic E-state index is 14.1. The zero-order valence-electron chi connectivity index (χ0n) is 14.5. The molecule has 0 aliphatic carbocycles. The van der Waals surface area contributed by atoms with E-state index in [2.05, 4.69) is 4.98 Å². The van der Waals surface area contributed by atoms with Crippen LogP contribution >= 0.6 is 23.4 Å². The molecule has 0 N–H and O–H groups in total. The van der Waals surface area contributed by atoms with E-state index in [0.29, 0.717) is 45.5 Å². The Morgan fingerprint density at radius 3 is 2.89 bits per heavy atom. The lowest BCUT2D eigenvalue weighted by Gasteiger charge is -2.16. The summed E-state index contributed by atoms with van der Waals surface area (Å²) in [6.45, 7) is 1.16. The second-order valence-corrected chi connectivity index (χ2v) is 7.80. The smallest absolute Gasteiger partial charge is 0.262 e. The van der Waals surface area contributed by atoms with E-state index in [-0.39, 0.29) is 17.5 Å². The standard InChI is InChI=1S/C20H18ClFN2O2S/c21-16-7-3-8-17(22)15(16)12-27-20-23-18-9-2-1-6-14(18)19(25)24(20)11-13-5-4-10-26-13/h1-3,6-9,13H,4-5,10-12H2/t13-/m1/s1. The van der Waals surface area contributed by atoms with Crippen LogP contribution in [0.4, 0.5) is 4.39 Å². The summed E-state index contributed by atoms with van der Waals surface area (Å²) in [6, 6.07) is 11.9. The van der Waals surface area contributed by atoms with Gasteiger partial charge in [0.25, 0.3) is 5.56 Å². The van der Waals surface area contributed by atoms with Gasteiger partial charge in [0, 0.05) is 22.9 Å². The summed E-state index contributed by atoms with van der Waals surface area (Å²) < 4.78 is 21.5. The maximum absolute atomic E-state index is 14.1. The minimum atomic E-state index is -0.358. The summed E-state index contributed by atoms with van der Waals surface area (Å²) in [5.74, 6) is -0.0641. The van der Waals surface area contributed by atoms with Crippen molar-refractivity contribution in [3.05, 3.63) is 69.2 Å². The number of thioether (sulfide) groups is 1. The summed E-state index contributed by atoms with van der Waals surface area (Å²) in [7, 11) is 0. The molecule has 1 aromatic heterocycles. The van der Waals surface area contributed by atoms with Gasteiger partial charge < -0.3 is 4.74 Å². The van der Waals surface area contributed by atoms with E-state index in [0.717, 1.165) is 12.8 Å². The van der Waals surface area contributed by atoms with Crippen molar-refractivity contribution in [3.63, 3.8) is 0 Å². The monoisotopic (exact) mass is 404 g/mol. The van der Waals surface area contributed by atoms with Crippen LogP contribution in [0.25, 0.3) is 10.9 Å². The topological polar surface area (TPSA) is 44.1 Å². The van der Waals surface area contributed by atoms with Crippen LogP contribution in [0, 0.1) is 5.82 Å². The van der Waals surface area contributed by atoms with Crippen LogP contribution in [0.15, 0.2) is 52.4 Å². The Balaban J connectivity index is 1.72. The number of rotatable bonds is 5. The first-order chi connectivity index (χ1) is 13.1. The molecule has 2 heterocycles. The number of hydrogen-bond acceptors (Lipinski definition) is 4. The van der Waals surface area contributed by atoms with Gasteiger partial charge >= 0.3 is 0 Å². The molecular weight excluding hydrogens is 387 g/mol. The highest BCUT2D eigenvalue weighted by Crippen LogP contribution is 2.28. The molecule has 1 saturated heterocycles. The molecule has 2 aromatic carbocycles. The number of benzene rings is 2. The van der Waals surface area contributed by atoms with E-state index in [1.807, 2.05) is 18.2 Å². The number of halogens is 2. The molecular formula is C20H18ClFN2O2S. The molecule has 1 atom stereocenters. The fourth-order valence-electron chi connectivity index (χ4n) is 3.22. The Kier molecular flexibility index (Phi) is 5.48. The Morgan fingerprint density at radius 2 is 2.11 bits per heavy atom. The molecule has 1 aliphatic heterocycles. The van der Waals surface area contributed by atoms with Gasteiger partial charge in [-0.3, -0.25) is 9.36 Å². The number of fused-ring (bicyclic) bond motifs is 1. The predicted molar refractivity (Wildman–Crippen MR) is 106 cm³/mol. The molecule has 0 spiro atoms. The average molecular weight is 405 g/mol. The minimum Gasteiger partial charge on any atom is -0.376 e. The Labute approximate surface area is 165 Å². The number of ether oxygens (including phenoxy) is 1. The van der Waals surface area contributed by atoms with Gasteiger partial charge in [-0.1, -0.05) is 41.6 Å². The first-order valence-corrected chi connectivity index (χ1v) is 10.2. The zero-order valence-corrected chi connectivity index (χ0v) is 16.1. The van der Waals surface area contributed by atoms with Gasteiger partial charge in [0.1, 0.15) is 5.82 Å². The van der Waals surface area contributed by atoms with Gasteiger partial charge in [-0.15, -0.1) is 0 Å². The first kappa shape index (κ1) is 18.5. The van der Waals surface area contributed by atoms with Crippen LogP contribution in [0.1, 0.15) is 18.4 Å². The van der Waals surface area contributed by atoms with Gasteiger partial charge in [-0.05, 0) is 37.1 Å². The number of nitrogens with zero attached hydrogens (tertiary/aromatic N) is 2. The van der Waals surface area contributed by atoms with Crippen LogP contribution in [-0.2, 0) is 17.0 Å². The second-order valence-electron chi connectivity index (χ2n) is 6.45. The molecule has 0 amide bonds. The van der Waals surface area contributed by atoms with Gasteiger partial charge in [-0.25, -0.2) is 9.37 Å². The molecule has 7 heteroatoms. The molecule has 4 nitrogen and oxygen atoms in total. The van der Waals surface area contributed by atoms with Crippen molar-refractivity contribution >= 4 is 34.3 Å². The third-order valence-corrected chi connectivity index (χ3v) is 6.00. The molecule has 27 heavy (non-hydrogen) atoms. The lowest BCUT2D eigenvalue weighted by molar-refractivity contribution is 0.0937. The van der Waals surface area contributed by atoms with E-state index in [4.69, 9.17) is 16.3 Å². The van der Waals surface area contributed by atoms with Crippen LogP contribution in [0.2, 0.25) is 5.02 Å². The zero-order chi connectivity index (χ0) is 18.8. The Morgan fingerprint density at radius 1 is 1.26 bits per heavy atom. The van der Waals surface area contributed by atoms with Gasteiger partial charge in [0.15, 0.2) is 5.16 Å². The van der Waals surface area contributed by atoms with Crippen molar-refractivity contribution in [3.8, 4) is 0 Å². The fourth-order valence-corrected chi connectivity index (χ4v) is 4.57. The third-order valence-electron chi connectivity index (χ3n) is 4.64. The Hall–Kier alpha value is -1.89. The van der Waals surface area contributed by atoms with E-state index < -0.39 is 0 Å². The minimum absolute atomic E-state index is 0.00191. The molecule has 0 unspecified atom stereocenters. The average Bonchev–Trinajstić information content (AvgIpc) is 3.17. The SMILES string of the molecule is O=c1c2ccccc2nc(SCc2c(F)cccc2Cl)n1C[C@H]1CCCO1. The summed E-state index contributed by atoms with van der Waals surface area (Å²) >= 11 is 7.45. The van der Waals surface area contributed by atoms with Crippen molar-refractivity contribution in [2.75, 3.05) is 6.61 Å². The van der Waals surface area contributed by atoms with Crippen molar-refractivity contribution in [1.29, 1.82) is 0 Å². The summed E-state index contributed by atoms with van der Waals surface area (Å²) in [4.78, 5) is 17.7. The number of aromatic nitrogens is 2. The van der Waals surface area contributed by atoms with E-state index in [1.54, 1.807) is 22.8 Å². The van der Waals surface area contributed by atoms with Crippen molar-refractivity contribution in [2.45, 2.75) is 36.4 Å². The van der Waals surface area contributed by atoms with Crippen molar-refractivity contribution in [1.82, 2.24) is 9.55 Å². The summed E-state index contributed by atoms with van der Waals surface area (Å²) in [5.41, 5.74) is 0.946. The fraction of sp³-hybridized carbons (Fsp3) is 0.300. The molecule has 0 bridgehead atoms. The molecule has 140 valence electrons. The first-order valence-electron chi connectivity index (χ1n) is 8.80. The predicted octanol–water partition coefficient (Wildman–Crippen LogP) is 4.66. The second kappa shape index (κ2) is 8.00. The van der Waals surface area contributed by atoms with Gasteiger partial charge in [0.2, 0.25) is 0 Å². The highest BCUT2D eigenvalue weighted by atomic mass is 35.5. The third kappa shape index (κ3) is 3.88. The highest BCUT2D eigenvalue weighted by Gasteiger charge is 2.20. The molecule has 0 radical (unpaired) electrons. The van der Waals surface area contributed by atoms with E-state index >= 15 is 0 Å². The summed E-state index contributed by atoms with van der Waals surface area (Å²) in [6.07, 6.45) is 1.91. The molecule has 0 saturated carbocycles. The van der Waals surface area contributed by atoms with Crippen LogP contribution < -0.4 is 5.56 Å².